The SMILES string of the molecule is COc1ccc(NC2CCN(n3c(-c4cccnc4N)nc4ccc(-c5ccccc5)nc43)CC2)cc1C=O. The number of imidazole rings is 1. The summed E-state index contributed by atoms with van der Waals surface area (Å²) in [4.78, 5) is 25.8. The summed E-state index contributed by atoms with van der Waals surface area (Å²) < 4.78 is 7.37. The second kappa shape index (κ2) is 10.4. The van der Waals surface area contributed by atoms with E-state index in [2.05, 4.69) is 32.1 Å². The summed E-state index contributed by atoms with van der Waals surface area (Å²) in [7, 11) is 1.57. The molecule has 0 bridgehead atoms. The number of ether oxygens (including phenoxy) is 1. The molecule has 2 aromatic carbocycles. The Kier molecular flexibility index (Phi) is 6.54. The van der Waals surface area contributed by atoms with Crippen LogP contribution < -0.4 is 20.8 Å². The largest absolute Gasteiger partial charge is 0.496 e. The van der Waals surface area contributed by atoms with Crippen molar-refractivity contribution in [2.75, 3.05) is 36.3 Å². The molecule has 0 atom stereocenters. The van der Waals surface area contributed by atoms with Gasteiger partial charge in [0.25, 0.3) is 0 Å². The Morgan fingerprint density at radius 2 is 1.82 bits per heavy atom. The molecule has 9 nitrogen and oxygen atoms in total. The van der Waals surface area contributed by atoms with Crippen LogP contribution in [0, 0.1) is 0 Å². The highest BCUT2D eigenvalue weighted by atomic mass is 16.5. The van der Waals surface area contributed by atoms with Crippen LogP contribution in [0.4, 0.5) is 11.5 Å². The molecule has 0 saturated carbocycles. The fourth-order valence-electron chi connectivity index (χ4n) is 5.13. The maximum Gasteiger partial charge on any atom is 0.180 e. The van der Waals surface area contributed by atoms with E-state index in [4.69, 9.17) is 20.4 Å². The molecule has 1 aliphatic heterocycles. The van der Waals surface area contributed by atoms with Crippen molar-refractivity contribution in [3.63, 3.8) is 0 Å². The van der Waals surface area contributed by atoms with E-state index in [1.54, 1.807) is 13.3 Å². The van der Waals surface area contributed by atoms with Gasteiger partial charge in [0, 0.05) is 36.6 Å². The molecule has 196 valence electrons. The van der Waals surface area contributed by atoms with Gasteiger partial charge in [0.15, 0.2) is 17.8 Å². The number of rotatable bonds is 7. The van der Waals surface area contributed by atoms with Crippen molar-refractivity contribution in [3.05, 3.63) is 84.6 Å². The van der Waals surface area contributed by atoms with Gasteiger partial charge < -0.3 is 20.8 Å². The second-order valence-corrected chi connectivity index (χ2v) is 9.54. The first-order valence-electron chi connectivity index (χ1n) is 13.0. The van der Waals surface area contributed by atoms with Gasteiger partial charge in [-0.2, -0.15) is 0 Å². The van der Waals surface area contributed by atoms with Crippen LogP contribution in [0.1, 0.15) is 23.2 Å². The highest BCUT2D eigenvalue weighted by molar-refractivity contribution is 5.83. The van der Waals surface area contributed by atoms with Crippen molar-refractivity contribution in [2.45, 2.75) is 18.9 Å². The lowest BCUT2D eigenvalue weighted by Gasteiger charge is -2.35. The van der Waals surface area contributed by atoms with Gasteiger partial charge in [-0.25, -0.2) is 19.6 Å². The molecular formula is C30H29N7O2. The average Bonchev–Trinajstić information content (AvgIpc) is 3.36. The number of methoxy groups -OCH3 is 1. The average molecular weight is 520 g/mol. The number of anilines is 2. The number of pyridine rings is 2. The monoisotopic (exact) mass is 519 g/mol. The van der Waals surface area contributed by atoms with Crippen LogP contribution in [0.5, 0.6) is 5.75 Å². The minimum atomic E-state index is 0.253. The van der Waals surface area contributed by atoms with Gasteiger partial charge in [-0.15, -0.1) is 0 Å². The van der Waals surface area contributed by atoms with Crippen LogP contribution in [-0.4, -0.2) is 52.2 Å². The van der Waals surface area contributed by atoms with Crippen molar-refractivity contribution in [3.8, 4) is 28.4 Å². The Hall–Kier alpha value is -4.92. The zero-order valence-electron chi connectivity index (χ0n) is 21.6. The molecule has 1 saturated heterocycles. The highest BCUT2D eigenvalue weighted by Crippen LogP contribution is 2.30. The van der Waals surface area contributed by atoms with Gasteiger partial charge in [-0.1, -0.05) is 30.3 Å². The van der Waals surface area contributed by atoms with Gasteiger partial charge in [-0.05, 0) is 55.3 Å². The van der Waals surface area contributed by atoms with E-state index in [1.165, 1.54) is 0 Å². The maximum atomic E-state index is 11.5. The van der Waals surface area contributed by atoms with E-state index in [9.17, 15) is 4.79 Å². The molecule has 5 aromatic rings. The summed E-state index contributed by atoms with van der Waals surface area (Å²) in [5.74, 6) is 1.73. The number of benzene rings is 2. The van der Waals surface area contributed by atoms with E-state index >= 15 is 0 Å². The van der Waals surface area contributed by atoms with Crippen molar-refractivity contribution in [1.82, 2.24) is 19.6 Å². The summed E-state index contributed by atoms with van der Waals surface area (Å²) in [6, 6.07) is 23.8. The molecule has 1 fully saturated rings. The molecule has 3 aromatic heterocycles. The van der Waals surface area contributed by atoms with Crippen molar-refractivity contribution in [2.24, 2.45) is 0 Å². The molecule has 39 heavy (non-hydrogen) atoms. The first kappa shape index (κ1) is 24.4. The van der Waals surface area contributed by atoms with Crippen LogP contribution in [0.25, 0.3) is 33.8 Å². The van der Waals surface area contributed by atoms with Crippen molar-refractivity contribution < 1.29 is 9.53 Å². The van der Waals surface area contributed by atoms with Crippen molar-refractivity contribution in [1.29, 1.82) is 0 Å². The lowest BCUT2D eigenvalue weighted by molar-refractivity contribution is 0.112. The number of fused-ring (bicyclic) bond motifs is 1. The number of nitrogens with one attached hydrogen (secondary N) is 1. The Morgan fingerprint density at radius 3 is 2.56 bits per heavy atom. The predicted octanol–water partition coefficient (Wildman–Crippen LogP) is 4.78. The number of aldehydes is 1. The maximum absolute atomic E-state index is 11.5. The number of nitrogens with zero attached hydrogens (tertiary/aromatic N) is 5. The fraction of sp³-hybridized carbons (Fsp3) is 0.200. The third-order valence-corrected chi connectivity index (χ3v) is 7.11. The number of aromatic nitrogens is 4. The van der Waals surface area contributed by atoms with E-state index < -0.39 is 0 Å². The van der Waals surface area contributed by atoms with Gasteiger partial charge in [-0.3, -0.25) is 4.79 Å². The molecule has 0 aliphatic carbocycles. The summed E-state index contributed by atoms with van der Waals surface area (Å²) in [5, 5.41) is 5.86. The van der Waals surface area contributed by atoms with Crippen LogP contribution in [0.15, 0.2) is 79.0 Å². The fourth-order valence-corrected chi connectivity index (χ4v) is 5.13. The minimum Gasteiger partial charge on any atom is -0.496 e. The molecule has 0 amide bonds. The Labute approximate surface area is 226 Å². The van der Waals surface area contributed by atoms with Crippen LogP contribution in [0.3, 0.4) is 0 Å². The lowest BCUT2D eigenvalue weighted by atomic mass is 10.1. The molecule has 3 N–H and O–H groups in total. The molecule has 0 spiro atoms. The Morgan fingerprint density at radius 1 is 1.00 bits per heavy atom. The molecule has 0 radical (unpaired) electrons. The molecule has 0 unspecified atom stereocenters. The molecule has 4 heterocycles. The standard InChI is InChI=1S/C30H29N7O2/c1-39-27-12-9-23(18-21(27)19-38)33-22-13-16-36(17-14-22)37-29(24-8-5-15-32-28(24)31)35-26-11-10-25(34-30(26)37)20-6-3-2-4-7-20/h2-12,15,18-19,22,33H,13-14,16-17H2,1H3,(H2,31,32). The number of hydrogen-bond donors (Lipinski definition) is 2. The summed E-state index contributed by atoms with van der Waals surface area (Å²) >= 11 is 0. The molecule has 1 aliphatic rings. The van der Waals surface area contributed by atoms with Gasteiger partial charge in [0.1, 0.15) is 17.1 Å². The van der Waals surface area contributed by atoms with Crippen LogP contribution in [-0.2, 0) is 0 Å². The second-order valence-electron chi connectivity index (χ2n) is 9.54. The minimum absolute atomic E-state index is 0.253. The first-order chi connectivity index (χ1) is 19.1. The quantitative estimate of drug-likeness (QED) is 0.296. The van der Waals surface area contributed by atoms with E-state index in [0.717, 1.165) is 71.7 Å². The molecular weight excluding hydrogens is 490 g/mol. The van der Waals surface area contributed by atoms with E-state index in [0.29, 0.717) is 17.1 Å². The predicted molar refractivity (Wildman–Crippen MR) is 154 cm³/mol. The van der Waals surface area contributed by atoms with Gasteiger partial charge in [0.05, 0.1) is 23.9 Å². The molecule has 9 heteroatoms. The third kappa shape index (κ3) is 4.74. The summed E-state index contributed by atoms with van der Waals surface area (Å²) in [6.45, 7) is 1.56. The van der Waals surface area contributed by atoms with Crippen LogP contribution >= 0.6 is 0 Å². The number of hydrogen-bond acceptors (Lipinski definition) is 8. The van der Waals surface area contributed by atoms with Gasteiger partial charge >= 0.3 is 0 Å². The van der Waals surface area contributed by atoms with E-state index in [-0.39, 0.29) is 6.04 Å². The zero-order chi connectivity index (χ0) is 26.8. The number of nitrogen functional groups attached to an aromatic ring is 1. The Balaban J connectivity index is 1.32. The number of piperidine rings is 1. The van der Waals surface area contributed by atoms with Gasteiger partial charge in [0.2, 0.25) is 0 Å². The molecule has 6 rings (SSSR count). The normalized spacial score (nSPS) is 13.9. The summed E-state index contributed by atoms with van der Waals surface area (Å²) in [5.41, 5.74) is 12.0. The topological polar surface area (TPSA) is 111 Å². The highest BCUT2D eigenvalue weighted by Gasteiger charge is 2.26. The smallest absolute Gasteiger partial charge is 0.180 e. The zero-order valence-corrected chi connectivity index (χ0v) is 21.6. The Bertz CT molecular complexity index is 1630. The first-order valence-corrected chi connectivity index (χ1v) is 13.0. The van der Waals surface area contributed by atoms with E-state index in [1.807, 2.05) is 60.7 Å². The number of carbonyl (C=O) groups is 1. The summed E-state index contributed by atoms with van der Waals surface area (Å²) in [6.07, 6.45) is 4.29. The van der Waals surface area contributed by atoms with Crippen LogP contribution in [0.2, 0.25) is 0 Å². The lowest BCUT2D eigenvalue weighted by Crippen LogP contribution is -2.45. The number of nitrogens with two attached hydrogens (primary N) is 1. The third-order valence-electron chi connectivity index (χ3n) is 7.11. The number of carbonyl (C=O) groups excluding carboxylic acids is 1. The van der Waals surface area contributed by atoms with Crippen molar-refractivity contribution >= 4 is 29.0 Å².